The summed E-state index contributed by atoms with van der Waals surface area (Å²) in [5.41, 5.74) is 1.70. The van der Waals surface area contributed by atoms with Gasteiger partial charge in [0, 0.05) is 18.8 Å². The monoisotopic (exact) mass is 231 g/mol. The zero-order valence-electron chi connectivity index (χ0n) is 10.2. The average molecular weight is 231 g/mol. The number of aliphatic hydroxyl groups is 1. The van der Waals surface area contributed by atoms with E-state index in [-0.39, 0.29) is 0 Å². The first kappa shape index (κ1) is 11.8. The van der Waals surface area contributed by atoms with Gasteiger partial charge in [-0.15, -0.1) is 0 Å². The van der Waals surface area contributed by atoms with Gasteiger partial charge in [0.25, 0.3) is 0 Å². The molecule has 0 aliphatic rings. The van der Waals surface area contributed by atoms with Crippen molar-refractivity contribution >= 4 is 0 Å². The maximum Gasteiger partial charge on any atom is 0.112 e. The molecule has 17 heavy (non-hydrogen) atoms. The summed E-state index contributed by atoms with van der Waals surface area (Å²) >= 11 is 0. The standard InChI is InChI=1S/C13H17N3O/c1-3-12(17)11-6-5-10(9-15-11)16-8-7-14-13(16)4-2/h5-9,12,17H,3-4H2,1-2H3. The van der Waals surface area contributed by atoms with Gasteiger partial charge in [-0.05, 0) is 18.6 Å². The lowest BCUT2D eigenvalue weighted by atomic mass is 10.2. The lowest BCUT2D eigenvalue weighted by molar-refractivity contribution is 0.169. The molecular formula is C13H17N3O. The van der Waals surface area contributed by atoms with E-state index in [0.29, 0.717) is 6.42 Å². The summed E-state index contributed by atoms with van der Waals surface area (Å²) in [4.78, 5) is 8.55. The number of imidazole rings is 1. The summed E-state index contributed by atoms with van der Waals surface area (Å²) in [6.07, 6.45) is 6.57. The Bertz CT molecular complexity index is 476. The Kier molecular flexibility index (Phi) is 3.54. The van der Waals surface area contributed by atoms with E-state index in [1.54, 1.807) is 12.4 Å². The Morgan fingerprint density at radius 3 is 2.71 bits per heavy atom. The molecule has 0 saturated carbocycles. The molecule has 4 nitrogen and oxygen atoms in total. The summed E-state index contributed by atoms with van der Waals surface area (Å²) in [5.74, 6) is 1.01. The van der Waals surface area contributed by atoms with Crippen LogP contribution >= 0.6 is 0 Å². The third kappa shape index (κ3) is 2.36. The van der Waals surface area contributed by atoms with Crippen LogP contribution in [-0.4, -0.2) is 19.6 Å². The second kappa shape index (κ2) is 5.10. The van der Waals surface area contributed by atoms with E-state index in [0.717, 1.165) is 23.6 Å². The molecule has 2 aromatic rings. The molecule has 2 aromatic heterocycles. The highest BCUT2D eigenvalue weighted by Crippen LogP contribution is 2.16. The highest BCUT2D eigenvalue weighted by atomic mass is 16.3. The topological polar surface area (TPSA) is 50.9 Å². The van der Waals surface area contributed by atoms with Gasteiger partial charge in [-0.2, -0.15) is 0 Å². The quantitative estimate of drug-likeness (QED) is 0.878. The first-order valence-electron chi connectivity index (χ1n) is 5.92. The number of hydrogen-bond acceptors (Lipinski definition) is 3. The van der Waals surface area contributed by atoms with E-state index in [4.69, 9.17) is 0 Å². The smallest absolute Gasteiger partial charge is 0.112 e. The van der Waals surface area contributed by atoms with Crippen LogP contribution < -0.4 is 0 Å². The zero-order chi connectivity index (χ0) is 12.3. The van der Waals surface area contributed by atoms with Crippen LogP contribution in [0.25, 0.3) is 5.69 Å². The molecule has 0 aliphatic heterocycles. The van der Waals surface area contributed by atoms with Crippen LogP contribution in [0.3, 0.4) is 0 Å². The molecule has 90 valence electrons. The van der Waals surface area contributed by atoms with Gasteiger partial charge < -0.3 is 9.67 Å². The number of aromatic nitrogens is 3. The van der Waals surface area contributed by atoms with Gasteiger partial charge in [-0.3, -0.25) is 4.98 Å². The van der Waals surface area contributed by atoms with E-state index < -0.39 is 6.10 Å². The Morgan fingerprint density at radius 2 is 2.12 bits per heavy atom. The van der Waals surface area contributed by atoms with E-state index >= 15 is 0 Å². The van der Waals surface area contributed by atoms with E-state index in [9.17, 15) is 5.11 Å². The summed E-state index contributed by atoms with van der Waals surface area (Å²) in [6, 6.07) is 3.82. The van der Waals surface area contributed by atoms with Crippen LogP contribution in [0.4, 0.5) is 0 Å². The molecule has 1 unspecified atom stereocenters. The van der Waals surface area contributed by atoms with E-state index in [1.165, 1.54) is 0 Å². The molecule has 0 aromatic carbocycles. The number of rotatable bonds is 4. The second-order valence-corrected chi connectivity index (χ2v) is 3.93. The van der Waals surface area contributed by atoms with E-state index in [1.807, 2.05) is 29.8 Å². The van der Waals surface area contributed by atoms with Gasteiger partial charge in [0.15, 0.2) is 0 Å². The van der Waals surface area contributed by atoms with Gasteiger partial charge in [-0.1, -0.05) is 13.8 Å². The number of aliphatic hydroxyl groups excluding tert-OH is 1. The lowest BCUT2D eigenvalue weighted by Crippen LogP contribution is -2.02. The molecule has 4 heteroatoms. The summed E-state index contributed by atoms with van der Waals surface area (Å²) in [5, 5.41) is 9.67. The molecule has 2 rings (SSSR count). The van der Waals surface area contributed by atoms with Gasteiger partial charge in [-0.25, -0.2) is 4.98 Å². The van der Waals surface area contributed by atoms with Gasteiger partial charge in [0.05, 0.1) is 23.7 Å². The molecule has 0 spiro atoms. The maximum absolute atomic E-state index is 9.67. The fraction of sp³-hybridized carbons (Fsp3) is 0.385. The fourth-order valence-electron chi connectivity index (χ4n) is 1.78. The lowest BCUT2D eigenvalue weighted by Gasteiger charge is -2.09. The first-order valence-corrected chi connectivity index (χ1v) is 5.92. The SMILES string of the molecule is CCc1nccn1-c1ccc(C(O)CC)nc1. The van der Waals surface area contributed by atoms with Crippen molar-refractivity contribution in [2.45, 2.75) is 32.8 Å². The summed E-state index contributed by atoms with van der Waals surface area (Å²) in [6.45, 7) is 4.01. The minimum Gasteiger partial charge on any atom is -0.387 e. The van der Waals surface area contributed by atoms with Crippen molar-refractivity contribution in [1.29, 1.82) is 0 Å². The molecule has 0 amide bonds. The molecule has 0 aliphatic carbocycles. The van der Waals surface area contributed by atoms with Crippen LogP contribution in [0.15, 0.2) is 30.7 Å². The third-order valence-corrected chi connectivity index (χ3v) is 2.81. The van der Waals surface area contributed by atoms with Gasteiger partial charge in [0.2, 0.25) is 0 Å². The second-order valence-electron chi connectivity index (χ2n) is 3.93. The Labute approximate surface area is 101 Å². The molecule has 0 fully saturated rings. The van der Waals surface area contributed by atoms with E-state index in [2.05, 4.69) is 16.9 Å². The van der Waals surface area contributed by atoms with Crippen LogP contribution in [0.2, 0.25) is 0 Å². The van der Waals surface area contributed by atoms with Crippen LogP contribution in [0, 0.1) is 0 Å². The van der Waals surface area contributed by atoms with Crippen LogP contribution in [-0.2, 0) is 6.42 Å². The predicted molar refractivity (Wildman–Crippen MR) is 66.0 cm³/mol. The number of pyridine rings is 1. The van der Waals surface area contributed by atoms with Crippen molar-refractivity contribution in [2.75, 3.05) is 0 Å². The van der Waals surface area contributed by atoms with Gasteiger partial charge in [0.1, 0.15) is 5.82 Å². The molecule has 1 atom stereocenters. The minimum absolute atomic E-state index is 0.475. The fourth-order valence-corrected chi connectivity index (χ4v) is 1.78. The number of hydrogen-bond donors (Lipinski definition) is 1. The highest BCUT2D eigenvalue weighted by molar-refractivity contribution is 5.31. The molecule has 1 N–H and O–H groups in total. The average Bonchev–Trinajstić information content (AvgIpc) is 2.86. The molecule has 0 radical (unpaired) electrons. The molecule has 0 saturated heterocycles. The van der Waals surface area contributed by atoms with Crippen molar-refractivity contribution in [3.63, 3.8) is 0 Å². The molecular weight excluding hydrogens is 214 g/mol. The Hall–Kier alpha value is -1.68. The van der Waals surface area contributed by atoms with Crippen molar-refractivity contribution in [3.05, 3.63) is 42.2 Å². The maximum atomic E-state index is 9.67. The molecule has 0 bridgehead atoms. The minimum atomic E-state index is -0.475. The Balaban J connectivity index is 2.29. The van der Waals surface area contributed by atoms with Crippen molar-refractivity contribution in [3.8, 4) is 5.69 Å². The van der Waals surface area contributed by atoms with Gasteiger partial charge >= 0.3 is 0 Å². The normalized spacial score (nSPS) is 12.6. The van der Waals surface area contributed by atoms with Crippen molar-refractivity contribution < 1.29 is 5.11 Å². The first-order chi connectivity index (χ1) is 8.26. The van der Waals surface area contributed by atoms with Crippen molar-refractivity contribution in [2.24, 2.45) is 0 Å². The van der Waals surface area contributed by atoms with Crippen LogP contribution in [0.5, 0.6) is 0 Å². The third-order valence-electron chi connectivity index (χ3n) is 2.81. The molecule has 2 heterocycles. The summed E-state index contributed by atoms with van der Waals surface area (Å²) in [7, 11) is 0. The zero-order valence-corrected chi connectivity index (χ0v) is 10.2. The number of aryl methyl sites for hydroxylation is 1. The van der Waals surface area contributed by atoms with Crippen LogP contribution in [0.1, 0.15) is 37.9 Å². The Morgan fingerprint density at radius 1 is 1.29 bits per heavy atom. The van der Waals surface area contributed by atoms with Crippen molar-refractivity contribution in [1.82, 2.24) is 14.5 Å². The largest absolute Gasteiger partial charge is 0.387 e. The highest BCUT2D eigenvalue weighted by Gasteiger charge is 2.07. The predicted octanol–water partition coefficient (Wildman–Crippen LogP) is 2.27. The summed E-state index contributed by atoms with van der Waals surface area (Å²) < 4.78 is 2.01. The number of nitrogens with zero attached hydrogens (tertiary/aromatic N) is 3.